The Balaban J connectivity index is 2.94. The topological polar surface area (TPSA) is 46.5 Å². The van der Waals surface area contributed by atoms with E-state index in [0.29, 0.717) is 6.21 Å². The van der Waals surface area contributed by atoms with Crippen molar-refractivity contribution in [3.8, 4) is 0 Å². The van der Waals surface area contributed by atoms with Gasteiger partial charge in [0.1, 0.15) is 5.82 Å². The molecule has 3 nitrogen and oxygen atoms in total. The van der Waals surface area contributed by atoms with Crippen LogP contribution in [0.2, 0.25) is 0 Å². The zero-order chi connectivity index (χ0) is 12.4. The van der Waals surface area contributed by atoms with E-state index in [-0.39, 0.29) is 5.56 Å². The van der Waals surface area contributed by atoms with E-state index in [4.69, 9.17) is 0 Å². The molecule has 0 bridgehead atoms. The van der Waals surface area contributed by atoms with E-state index in [0.717, 1.165) is 24.3 Å². The van der Waals surface area contributed by atoms with E-state index in [1.54, 1.807) is 0 Å². The zero-order valence-electron chi connectivity index (χ0n) is 7.57. The monoisotopic (exact) mass is 255 g/mol. The summed E-state index contributed by atoms with van der Waals surface area (Å²) in [5.74, 6) is -0.587. The van der Waals surface area contributed by atoms with Crippen molar-refractivity contribution in [1.29, 1.82) is 0 Å². The molecule has 0 aliphatic carbocycles. The maximum absolute atomic E-state index is 12.4. The minimum absolute atomic E-state index is 0.0502. The van der Waals surface area contributed by atoms with Crippen LogP contribution in [-0.2, 0) is 10.0 Å². The standard InChI is InChI=1S/C8H5F4NO2S/c9-7-3-1-6(2-4-7)5-13-16(14,15)8(10,11)12/h1-5H. The molecule has 0 atom stereocenters. The number of benzene rings is 1. The fourth-order valence-corrected chi connectivity index (χ4v) is 1.12. The van der Waals surface area contributed by atoms with Gasteiger partial charge in [0.05, 0.1) is 0 Å². The molecule has 0 saturated carbocycles. The Morgan fingerprint density at radius 2 is 1.62 bits per heavy atom. The molecule has 88 valence electrons. The Morgan fingerprint density at radius 3 is 2.06 bits per heavy atom. The van der Waals surface area contributed by atoms with Crippen LogP contribution < -0.4 is 0 Å². The van der Waals surface area contributed by atoms with Crippen LogP contribution in [-0.4, -0.2) is 20.1 Å². The highest BCUT2D eigenvalue weighted by Crippen LogP contribution is 2.24. The molecular formula is C8H5F4NO2S. The van der Waals surface area contributed by atoms with Gasteiger partial charge in [-0.25, -0.2) is 4.39 Å². The molecule has 8 heteroatoms. The lowest BCUT2D eigenvalue weighted by Gasteiger charge is -2.01. The van der Waals surface area contributed by atoms with Gasteiger partial charge >= 0.3 is 15.5 Å². The van der Waals surface area contributed by atoms with Gasteiger partial charge in [-0.3, -0.25) is 0 Å². The number of nitrogens with zero attached hydrogens (tertiary/aromatic N) is 1. The molecule has 0 aliphatic heterocycles. The van der Waals surface area contributed by atoms with Crippen molar-refractivity contribution < 1.29 is 26.0 Å². The molecule has 0 heterocycles. The minimum Gasteiger partial charge on any atom is -0.207 e. The third kappa shape index (κ3) is 3.02. The lowest BCUT2D eigenvalue weighted by molar-refractivity contribution is -0.0435. The largest absolute Gasteiger partial charge is 0.518 e. The summed E-state index contributed by atoms with van der Waals surface area (Å²) < 4.78 is 71.3. The Morgan fingerprint density at radius 1 is 1.12 bits per heavy atom. The summed E-state index contributed by atoms with van der Waals surface area (Å²) in [5.41, 5.74) is -5.38. The smallest absolute Gasteiger partial charge is 0.207 e. The molecule has 0 saturated heterocycles. The van der Waals surface area contributed by atoms with E-state index in [9.17, 15) is 26.0 Å². The number of hydrogen-bond acceptors (Lipinski definition) is 2. The van der Waals surface area contributed by atoms with Crippen LogP contribution in [0.15, 0.2) is 28.7 Å². The molecule has 0 aliphatic rings. The van der Waals surface area contributed by atoms with Gasteiger partial charge in [-0.2, -0.15) is 26.0 Å². The van der Waals surface area contributed by atoms with Crippen LogP contribution in [0.4, 0.5) is 17.6 Å². The predicted octanol–water partition coefficient (Wildman–Crippen LogP) is 2.09. The quantitative estimate of drug-likeness (QED) is 0.600. The SMILES string of the molecule is O=S(=O)(N=Cc1ccc(F)cc1)C(F)(F)F. The van der Waals surface area contributed by atoms with E-state index < -0.39 is 21.3 Å². The molecule has 1 aromatic carbocycles. The molecule has 0 amide bonds. The van der Waals surface area contributed by atoms with Crippen molar-refractivity contribution in [2.24, 2.45) is 4.40 Å². The van der Waals surface area contributed by atoms with E-state index >= 15 is 0 Å². The molecule has 1 aromatic rings. The highest BCUT2D eigenvalue weighted by atomic mass is 32.2. The first-order valence-electron chi connectivity index (χ1n) is 3.84. The van der Waals surface area contributed by atoms with Crippen LogP contribution in [0.5, 0.6) is 0 Å². The third-order valence-corrected chi connectivity index (χ3v) is 2.47. The molecule has 0 N–H and O–H groups in total. The van der Waals surface area contributed by atoms with E-state index in [1.807, 2.05) is 0 Å². The van der Waals surface area contributed by atoms with Crippen LogP contribution in [0.3, 0.4) is 0 Å². The fourth-order valence-electron chi connectivity index (χ4n) is 0.739. The highest BCUT2D eigenvalue weighted by Gasteiger charge is 2.45. The molecule has 0 fully saturated rings. The van der Waals surface area contributed by atoms with Gasteiger partial charge in [0, 0.05) is 6.21 Å². The summed E-state index contributed by atoms with van der Waals surface area (Å²) in [4.78, 5) is 0. The summed E-state index contributed by atoms with van der Waals surface area (Å²) in [6.45, 7) is 0. The predicted molar refractivity (Wildman–Crippen MR) is 49.0 cm³/mol. The first-order chi connectivity index (χ1) is 7.22. The van der Waals surface area contributed by atoms with Gasteiger partial charge in [-0.1, -0.05) is 12.1 Å². The minimum atomic E-state index is -5.53. The third-order valence-electron chi connectivity index (χ3n) is 1.50. The van der Waals surface area contributed by atoms with Gasteiger partial charge in [0.15, 0.2) is 0 Å². The Hall–Kier alpha value is -1.44. The average Bonchev–Trinajstić information content (AvgIpc) is 2.15. The summed E-state index contributed by atoms with van der Waals surface area (Å²) in [5, 5.41) is 0. The summed E-state index contributed by atoms with van der Waals surface area (Å²) in [7, 11) is -5.53. The molecule has 0 radical (unpaired) electrons. The first kappa shape index (κ1) is 12.6. The van der Waals surface area contributed by atoms with Crippen molar-refractivity contribution in [2.45, 2.75) is 5.51 Å². The van der Waals surface area contributed by atoms with Crippen molar-refractivity contribution in [3.05, 3.63) is 35.6 Å². The van der Waals surface area contributed by atoms with Crippen molar-refractivity contribution in [1.82, 2.24) is 0 Å². The Labute approximate surface area is 88.5 Å². The molecule has 0 unspecified atom stereocenters. The van der Waals surface area contributed by atoms with Crippen LogP contribution >= 0.6 is 0 Å². The zero-order valence-corrected chi connectivity index (χ0v) is 8.39. The lowest BCUT2D eigenvalue weighted by Crippen LogP contribution is -2.20. The molecular weight excluding hydrogens is 250 g/mol. The molecule has 0 spiro atoms. The van der Waals surface area contributed by atoms with Gasteiger partial charge in [-0.15, -0.1) is 0 Å². The second kappa shape index (κ2) is 4.20. The maximum Gasteiger partial charge on any atom is 0.518 e. The number of hydrogen-bond donors (Lipinski definition) is 0. The molecule has 1 rings (SSSR count). The number of rotatable bonds is 2. The van der Waals surface area contributed by atoms with Gasteiger partial charge in [0.25, 0.3) is 0 Å². The highest BCUT2D eigenvalue weighted by molar-refractivity contribution is 7.91. The Bertz CT molecular complexity index is 490. The maximum atomic E-state index is 12.4. The first-order valence-corrected chi connectivity index (χ1v) is 5.28. The summed E-state index contributed by atoms with van der Waals surface area (Å²) in [6, 6.07) is 4.15. The number of halogens is 4. The molecule has 0 aromatic heterocycles. The molecule has 16 heavy (non-hydrogen) atoms. The summed E-state index contributed by atoms with van der Waals surface area (Å²) >= 11 is 0. The number of alkyl halides is 3. The lowest BCUT2D eigenvalue weighted by atomic mass is 10.2. The second-order valence-corrected chi connectivity index (χ2v) is 4.33. The van der Waals surface area contributed by atoms with Crippen molar-refractivity contribution in [2.75, 3.05) is 0 Å². The van der Waals surface area contributed by atoms with Crippen LogP contribution in [0.25, 0.3) is 0 Å². The van der Waals surface area contributed by atoms with Crippen molar-refractivity contribution in [3.63, 3.8) is 0 Å². The van der Waals surface area contributed by atoms with E-state index in [1.165, 1.54) is 0 Å². The average molecular weight is 255 g/mol. The Kier molecular flexibility index (Phi) is 3.32. The van der Waals surface area contributed by atoms with Crippen LogP contribution in [0, 0.1) is 5.82 Å². The normalized spacial score (nSPS) is 13.2. The second-order valence-electron chi connectivity index (χ2n) is 2.71. The van der Waals surface area contributed by atoms with Crippen molar-refractivity contribution >= 4 is 16.2 Å². The van der Waals surface area contributed by atoms with Gasteiger partial charge in [-0.05, 0) is 17.7 Å². The summed E-state index contributed by atoms with van der Waals surface area (Å²) in [6.07, 6.45) is 0.502. The fraction of sp³-hybridized carbons (Fsp3) is 0.125. The van der Waals surface area contributed by atoms with Gasteiger partial charge < -0.3 is 0 Å². The van der Waals surface area contributed by atoms with Gasteiger partial charge in [0.2, 0.25) is 0 Å². The number of sulfonamides is 1. The van der Waals surface area contributed by atoms with E-state index in [2.05, 4.69) is 4.40 Å². The van der Waals surface area contributed by atoms with Crippen LogP contribution in [0.1, 0.15) is 5.56 Å².